The Hall–Kier alpha value is -1.88. The molecule has 5 heteroatoms. The SMILES string of the molecule is CNCCC(=O)Nc1cccc(C(=O)N2CCCC2)c1C. The number of amides is 2. The van der Waals surface area contributed by atoms with Crippen LogP contribution >= 0.6 is 0 Å². The molecule has 1 aromatic rings. The molecule has 2 N–H and O–H groups in total. The molecular formula is C16H23N3O2. The van der Waals surface area contributed by atoms with Crippen LogP contribution in [-0.4, -0.2) is 43.4 Å². The third-order valence-corrected chi connectivity index (χ3v) is 3.83. The summed E-state index contributed by atoms with van der Waals surface area (Å²) in [5.74, 6) is 0.0227. The number of carbonyl (C=O) groups excluding carboxylic acids is 2. The van der Waals surface area contributed by atoms with Crippen molar-refractivity contribution in [2.24, 2.45) is 0 Å². The fourth-order valence-electron chi connectivity index (χ4n) is 2.54. The molecule has 0 aliphatic carbocycles. The van der Waals surface area contributed by atoms with Gasteiger partial charge in [-0.05, 0) is 44.5 Å². The van der Waals surface area contributed by atoms with E-state index < -0.39 is 0 Å². The summed E-state index contributed by atoms with van der Waals surface area (Å²) in [7, 11) is 1.81. The van der Waals surface area contributed by atoms with Crippen LogP contribution in [0, 0.1) is 6.92 Å². The number of nitrogens with one attached hydrogen (secondary N) is 2. The number of hydrogen-bond acceptors (Lipinski definition) is 3. The highest BCUT2D eigenvalue weighted by atomic mass is 16.2. The standard InChI is InChI=1S/C16H23N3O2/c1-12-13(16(21)19-10-3-4-11-19)6-5-7-14(12)18-15(20)8-9-17-2/h5-7,17H,3-4,8-11H2,1-2H3,(H,18,20). The van der Waals surface area contributed by atoms with Gasteiger partial charge in [0.15, 0.2) is 0 Å². The molecule has 1 fully saturated rings. The van der Waals surface area contributed by atoms with E-state index >= 15 is 0 Å². The van der Waals surface area contributed by atoms with Crippen molar-refractivity contribution in [3.05, 3.63) is 29.3 Å². The Bertz CT molecular complexity index is 522. The highest BCUT2D eigenvalue weighted by Gasteiger charge is 2.21. The maximum absolute atomic E-state index is 12.5. The topological polar surface area (TPSA) is 61.4 Å². The van der Waals surface area contributed by atoms with Crippen LogP contribution in [0.15, 0.2) is 18.2 Å². The molecule has 2 amide bonds. The molecule has 1 aromatic carbocycles. The van der Waals surface area contributed by atoms with Crippen molar-refractivity contribution in [3.63, 3.8) is 0 Å². The van der Waals surface area contributed by atoms with Gasteiger partial charge in [-0.25, -0.2) is 0 Å². The van der Waals surface area contributed by atoms with E-state index in [1.807, 2.05) is 37.1 Å². The van der Waals surface area contributed by atoms with Gasteiger partial charge in [-0.2, -0.15) is 0 Å². The third-order valence-electron chi connectivity index (χ3n) is 3.83. The molecule has 1 aliphatic rings. The number of hydrogen-bond donors (Lipinski definition) is 2. The maximum Gasteiger partial charge on any atom is 0.254 e. The van der Waals surface area contributed by atoms with Gasteiger partial charge >= 0.3 is 0 Å². The van der Waals surface area contributed by atoms with E-state index in [4.69, 9.17) is 0 Å². The normalized spacial score (nSPS) is 14.3. The van der Waals surface area contributed by atoms with Crippen LogP contribution in [0.4, 0.5) is 5.69 Å². The van der Waals surface area contributed by atoms with Crippen molar-refractivity contribution < 1.29 is 9.59 Å². The Morgan fingerprint density at radius 2 is 1.95 bits per heavy atom. The highest BCUT2D eigenvalue weighted by Crippen LogP contribution is 2.22. The number of carbonyl (C=O) groups is 2. The van der Waals surface area contributed by atoms with Crippen molar-refractivity contribution in [2.45, 2.75) is 26.2 Å². The smallest absolute Gasteiger partial charge is 0.254 e. The van der Waals surface area contributed by atoms with Gasteiger partial charge < -0.3 is 15.5 Å². The van der Waals surface area contributed by atoms with Crippen molar-refractivity contribution in [3.8, 4) is 0 Å². The molecule has 0 unspecified atom stereocenters. The molecule has 1 aliphatic heterocycles. The van der Waals surface area contributed by atoms with Crippen molar-refractivity contribution in [2.75, 3.05) is 32.0 Å². The lowest BCUT2D eigenvalue weighted by Gasteiger charge is -2.18. The van der Waals surface area contributed by atoms with Gasteiger partial charge in [0.2, 0.25) is 5.91 Å². The average Bonchev–Trinajstić information content (AvgIpc) is 3.01. The van der Waals surface area contributed by atoms with E-state index in [0.29, 0.717) is 18.5 Å². The summed E-state index contributed by atoms with van der Waals surface area (Å²) < 4.78 is 0. The van der Waals surface area contributed by atoms with Crippen LogP contribution in [-0.2, 0) is 4.79 Å². The predicted octanol–water partition coefficient (Wildman–Crippen LogP) is 1.78. The molecule has 21 heavy (non-hydrogen) atoms. The molecule has 0 bridgehead atoms. The van der Waals surface area contributed by atoms with Crippen LogP contribution in [0.2, 0.25) is 0 Å². The molecule has 0 atom stereocenters. The van der Waals surface area contributed by atoms with Gasteiger partial charge in [-0.1, -0.05) is 6.07 Å². The lowest BCUT2D eigenvalue weighted by Crippen LogP contribution is -2.28. The van der Waals surface area contributed by atoms with Crippen LogP contribution in [0.5, 0.6) is 0 Å². The molecule has 1 saturated heterocycles. The fourth-order valence-corrected chi connectivity index (χ4v) is 2.54. The summed E-state index contributed by atoms with van der Waals surface area (Å²) in [6, 6.07) is 5.50. The Labute approximate surface area is 125 Å². The molecule has 5 nitrogen and oxygen atoms in total. The zero-order chi connectivity index (χ0) is 15.2. The van der Waals surface area contributed by atoms with Crippen molar-refractivity contribution in [1.29, 1.82) is 0 Å². The van der Waals surface area contributed by atoms with Gasteiger partial charge in [0.25, 0.3) is 5.91 Å². The summed E-state index contributed by atoms with van der Waals surface area (Å²) in [5, 5.41) is 5.83. The molecular weight excluding hydrogens is 266 g/mol. The van der Waals surface area contributed by atoms with Crippen molar-refractivity contribution >= 4 is 17.5 Å². The largest absolute Gasteiger partial charge is 0.339 e. The van der Waals surface area contributed by atoms with Gasteiger partial charge in [-0.3, -0.25) is 9.59 Å². The van der Waals surface area contributed by atoms with Crippen LogP contribution in [0.25, 0.3) is 0 Å². The summed E-state index contributed by atoms with van der Waals surface area (Å²) >= 11 is 0. The second-order valence-electron chi connectivity index (χ2n) is 5.38. The zero-order valence-electron chi connectivity index (χ0n) is 12.7. The highest BCUT2D eigenvalue weighted by molar-refractivity contribution is 5.99. The van der Waals surface area contributed by atoms with Gasteiger partial charge in [-0.15, -0.1) is 0 Å². The number of likely N-dealkylation sites (tertiary alicyclic amines) is 1. The van der Waals surface area contributed by atoms with E-state index in [1.54, 1.807) is 0 Å². The first-order chi connectivity index (χ1) is 10.1. The lowest BCUT2D eigenvalue weighted by atomic mass is 10.1. The third kappa shape index (κ3) is 3.82. The van der Waals surface area contributed by atoms with E-state index in [1.165, 1.54) is 0 Å². The maximum atomic E-state index is 12.5. The summed E-state index contributed by atoms with van der Waals surface area (Å²) in [5.41, 5.74) is 2.25. The van der Waals surface area contributed by atoms with Gasteiger partial charge in [0.05, 0.1) is 0 Å². The average molecular weight is 289 g/mol. The number of benzene rings is 1. The number of anilines is 1. The fraction of sp³-hybridized carbons (Fsp3) is 0.500. The molecule has 1 heterocycles. The Morgan fingerprint density at radius 1 is 1.24 bits per heavy atom. The minimum absolute atomic E-state index is 0.0433. The second-order valence-corrected chi connectivity index (χ2v) is 5.38. The second kappa shape index (κ2) is 7.22. The first-order valence-electron chi connectivity index (χ1n) is 7.47. The monoisotopic (exact) mass is 289 g/mol. The first kappa shape index (κ1) is 15.5. The van der Waals surface area contributed by atoms with Crippen LogP contribution in [0.3, 0.4) is 0 Å². The molecule has 0 spiro atoms. The number of nitrogens with zero attached hydrogens (tertiary/aromatic N) is 1. The van der Waals surface area contributed by atoms with E-state index in [9.17, 15) is 9.59 Å². The predicted molar refractivity (Wildman–Crippen MR) is 83.5 cm³/mol. The van der Waals surface area contributed by atoms with Gasteiger partial charge in [0, 0.05) is 37.3 Å². The molecule has 0 radical (unpaired) electrons. The van der Waals surface area contributed by atoms with Crippen LogP contribution in [0.1, 0.15) is 35.2 Å². The van der Waals surface area contributed by atoms with Crippen molar-refractivity contribution in [1.82, 2.24) is 10.2 Å². The zero-order valence-corrected chi connectivity index (χ0v) is 12.7. The van der Waals surface area contributed by atoms with E-state index in [0.717, 1.165) is 37.2 Å². The van der Waals surface area contributed by atoms with E-state index in [-0.39, 0.29) is 11.8 Å². The van der Waals surface area contributed by atoms with E-state index in [2.05, 4.69) is 10.6 Å². The minimum Gasteiger partial charge on any atom is -0.339 e. The van der Waals surface area contributed by atoms with Gasteiger partial charge in [0.1, 0.15) is 0 Å². The molecule has 0 saturated carbocycles. The van der Waals surface area contributed by atoms with Crippen LogP contribution < -0.4 is 10.6 Å². The quantitative estimate of drug-likeness (QED) is 0.868. The Balaban J connectivity index is 2.12. The molecule has 114 valence electrons. The Kier molecular flexibility index (Phi) is 5.33. The summed E-state index contributed by atoms with van der Waals surface area (Å²) in [6.07, 6.45) is 2.57. The molecule has 2 rings (SSSR count). The number of rotatable bonds is 5. The first-order valence-corrected chi connectivity index (χ1v) is 7.47. The Morgan fingerprint density at radius 3 is 2.62 bits per heavy atom. The minimum atomic E-state index is -0.0433. The molecule has 0 aromatic heterocycles. The lowest BCUT2D eigenvalue weighted by molar-refractivity contribution is -0.116. The summed E-state index contributed by atoms with van der Waals surface area (Å²) in [6.45, 7) is 4.18. The summed E-state index contributed by atoms with van der Waals surface area (Å²) in [4.78, 5) is 26.2.